The van der Waals surface area contributed by atoms with E-state index in [1.54, 1.807) is 24.3 Å². The van der Waals surface area contributed by atoms with Gasteiger partial charge in [-0.05, 0) is 66.8 Å². The van der Waals surface area contributed by atoms with Gasteiger partial charge >= 0.3 is 0 Å². The number of thiocarbonyl (C=S) groups is 1. The fourth-order valence-electron chi connectivity index (χ4n) is 3.42. The first-order chi connectivity index (χ1) is 16.7. The summed E-state index contributed by atoms with van der Waals surface area (Å²) in [5, 5.41) is 5.03. The molecular formula is C23H16Cl3N5O3S. The Morgan fingerprint density at radius 3 is 2.20 bits per heavy atom. The van der Waals surface area contributed by atoms with Crippen molar-refractivity contribution < 1.29 is 14.4 Å². The first-order valence-corrected chi connectivity index (χ1v) is 11.7. The predicted octanol–water partition coefficient (Wildman–Crippen LogP) is 4.72. The van der Waals surface area contributed by atoms with Gasteiger partial charge in [-0.1, -0.05) is 34.8 Å². The van der Waals surface area contributed by atoms with Crippen LogP contribution in [0.1, 0.15) is 16.8 Å². The number of rotatable bonds is 6. The second kappa shape index (κ2) is 10.6. The van der Waals surface area contributed by atoms with E-state index < -0.39 is 23.8 Å². The molecule has 35 heavy (non-hydrogen) atoms. The zero-order valence-corrected chi connectivity index (χ0v) is 20.8. The third kappa shape index (κ3) is 5.71. The highest BCUT2D eigenvalue weighted by molar-refractivity contribution is 7.80. The monoisotopic (exact) mass is 547 g/mol. The van der Waals surface area contributed by atoms with Gasteiger partial charge in [-0.2, -0.15) is 0 Å². The van der Waals surface area contributed by atoms with E-state index in [1.165, 1.54) is 52.6 Å². The highest BCUT2D eigenvalue weighted by Gasteiger charge is 2.45. The van der Waals surface area contributed by atoms with Crippen molar-refractivity contribution in [1.82, 2.24) is 15.4 Å². The molecule has 0 saturated carbocycles. The molecule has 3 amide bonds. The summed E-state index contributed by atoms with van der Waals surface area (Å²) in [6, 6.07) is 12.9. The summed E-state index contributed by atoms with van der Waals surface area (Å²) >= 11 is 23.5. The van der Waals surface area contributed by atoms with Crippen LogP contribution in [0.3, 0.4) is 0 Å². The average Bonchev–Trinajstić information content (AvgIpc) is 3.03. The van der Waals surface area contributed by atoms with Crippen LogP contribution in [0.4, 0.5) is 11.4 Å². The van der Waals surface area contributed by atoms with Gasteiger partial charge in [0.2, 0.25) is 11.0 Å². The maximum absolute atomic E-state index is 13.4. The number of pyridine rings is 1. The molecule has 1 aliphatic rings. The van der Waals surface area contributed by atoms with Crippen molar-refractivity contribution in [3.05, 3.63) is 87.6 Å². The zero-order valence-electron chi connectivity index (χ0n) is 17.7. The van der Waals surface area contributed by atoms with Gasteiger partial charge in [0.1, 0.15) is 6.04 Å². The number of carbonyl (C=O) groups excluding carboxylic acids is 3. The van der Waals surface area contributed by atoms with Gasteiger partial charge in [-0.15, -0.1) is 0 Å². The standard InChI is InChI=1S/C23H16Cl3N5O3S/c24-14-1-3-18(4-2-14)30-22(34)19(12-20(32)28-17-10-15(25)9-16(26)11-17)31(23(30)35)29-21(33)13-5-7-27-8-6-13/h1-11,19H,12H2,(H,28,32)(H,29,33). The van der Waals surface area contributed by atoms with Crippen LogP contribution in [-0.4, -0.2) is 38.9 Å². The Morgan fingerprint density at radius 2 is 1.57 bits per heavy atom. The smallest absolute Gasteiger partial charge is 0.269 e. The van der Waals surface area contributed by atoms with Crippen LogP contribution < -0.4 is 15.6 Å². The Bertz CT molecular complexity index is 1290. The number of carbonyl (C=O) groups is 3. The van der Waals surface area contributed by atoms with Crippen molar-refractivity contribution in [3.63, 3.8) is 0 Å². The second-order valence-electron chi connectivity index (χ2n) is 7.41. The minimum Gasteiger partial charge on any atom is -0.326 e. The summed E-state index contributed by atoms with van der Waals surface area (Å²) in [4.78, 5) is 44.2. The topological polar surface area (TPSA) is 94.6 Å². The summed E-state index contributed by atoms with van der Waals surface area (Å²) in [6.45, 7) is 0. The van der Waals surface area contributed by atoms with Crippen molar-refractivity contribution in [2.24, 2.45) is 0 Å². The number of anilines is 2. The molecule has 12 heteroatoms. The molecular weight excluding hydrogens is 533 g/mol. The number of hydrogen-bond donors (Lipinski definition) is 2. The van der Waals surface area contributed by atoms with Gasteiger partial charge in [0.15, 0.2) is 0 Å². The molecule has 2 heterocycles. The molecule has 178 valence electrons. The number of nitrogens with one attached hydrogen (secondary N) is 2. The van der Waals surface area contributed by atoms with Crippen molar-refractivity contribution in [1.29, 1.82) is 0 Å². The summed E-state index contributed by atoms with van der Waals surface area (Å²) < 4.78 is 0. The van der Waals surface area contributed by atoms with Crippen LogP contribution in [0.2, 0.25) is 15.1 Å². The lowest BCUT2D eigenvalue weighted by Gasteiger charge is -2.24. The van der Waals surface area contributed by atoms with Crippen molar-refractivity contribution in [2.75, 3.05) is 10.2 Å². The Labute approximate surface area is 220 Å². The molecule has 0 aliphatic carbocycles. The second-order valence-corrected chi connectivity index (χ2v) is 9.08. The largest absolute Gasteiger partial charge is 0.326 e. The molecule has 0 spiro atoms. The third-order valence-electron chi connectivity index (χ3n) is 4.99. The van der Waals surface area contributed by atoms with Gasteiger partial charge in [0, 0.05) is 38.7 Å². The third-order valence-corrected chi connectivity index (χ3v) is 6.06. The van der Waals surface area contributed by atoms with Crippen molar-refractivity contribution in [2.45, 2.75) is 12.5 Å². The molecule has 0 radical (unpaired) electrons. The summed E-state index contributed by atoms with van der Waals surface area (Å²) in [7, 11) is 0. The molecule has 1 saturated heterocycles. The van der Waals surface area contributed by atoms with Crippen LogP contribution in [0.5, 0.6) is 0 Å². The molecule has 1 aromatic heterocycles. The first kappa shape index (κ1) is 24.9. The SMILES string of the molecule is O=C(CC1C(=O)N(c2ccc(Cl)cc2)C(=S)N1NC(=O)c1ccncc1)Nc1cc(Cl)cc(Cl)c1. The lowest BCUT2D eigenvalue weighted by molar-refractivity contribution is -0.124. The molecule has 1 fully saturated rings. The van der Waals surface area contributed by atoms with Gasteiger partial charge < -0.3 is 5.32 Å². The van der Waals surface area contributed by atoms with E-state index in [4.69, 9.17) is 47.0 Å². The fourth-order valence-corrected chi connectivity index (χ4v) is 4.44. The van der Waals surface area contributed by atoms with Crippen LogP contribution >= 0.6 is 47.0 Å². The lowest BCUT2D eigenvalue weighted by atomic mass is 10.1. The Hall–Kier alpha value is -3.24. The van der Waals surface area contributed by atoms with E-state index in [1.807, 2.05) is 0 Å². The molecule has 3 aromatic rings. The van der Waals surface area contributed by atoms with E-state index in [2.05, 4.69) is 15.7 Å². The van der Waals surface area contributed by atoms with Crippen LogP contribution in [0.25, 0.3) is 0 Å². The summed E-state index contributed by atoms with van der Waals surface area (Å²) in [5.41, 5.74) is 3.75. The van der Waals surface area contributed by atoms with Gasteiger partial charge in [-0.3, -0.25) is 29.7 Å². The molecule has 0 bridgehead atoms. The Balaban J connectivity index is 1.60. The predicted molar refractivity (Wildman–Crippen MR) is 139 cm³/mol. The normalized spacial score (nSPS) is 15.3. The van der Waals surface area contributed by atoms with E-state index in [0.717, 1.165) is 0 Å². The number of halogens is 3. The minimum atomic E-state index is -1.11. The Morgan fingerprint density at radius 1 is 0.943 bits per heavy atom. The number of amides is 3. The molecule has 8 nitrogen and oxygen atoms in total. The number of aromatic nitrogens is 1. The summed E-state index contributed by atoms with van der Waals surface area (Å²) in [5.74, 6) is -1.52. The quantitative estimate of drug-likeness (QED) is 0.433. The first-order valence-electron chi connectivity index (χ1n) is 10.1. The maximum atomic E-state index is 13.4. The van der Waals surface area contributed by atoms with Gasteiger partial charge in [0.05, 0.1) is 12.1 Å². The van der Waals surface area contributed by atoms with Crippen molar-refractivity contribution in [3.8, 4) is 0 Å². The highest BCUT2D eigenvalue weighted by atomic mass is 35.5. The molecule has 1 atom stereocenters. The fraction of sp³-hybridized carbons (Fsp3) is 0.0870. The van der Waals surface area contributed by atoms with E-state index in [-0.39, 0.29) is 11.5 Å². The van der Waals surface area contributed by atoms with Crippen molar-refractivity contribution >= 4 is 81.2 Å². The highest BCUT2D eigenvalue weighted by Crippen LogP contribution is 2.28. The molecule has 1 aliphatic heterocycles. The van der Waals surface area contributed by atoms with Crippen LogP contribution in [0, 0.1) is 0 Å². The van der Waals surface area contributed by atoms with Gasteiger partial charge in [-0.25, -0.2) is 5.01 Å². The number of nitrogens with zero attached hydrogens (tertiary/aromatic N) is 3. The van der Waals surface area contributed by atoms with Crippen LogP contribution in [0.15, 0.2) is 67.0 Å². The summed E-state index contributed by atoms with van der Waals surface area (Å²) in [6.07, 6.45) is 2.61. The van der Waals surface area contributed by atoms with Crippen LogP contribution in [-0.2, 0) is 9.59 Å². The van der Waals surface area contributed by atoms with E-state index >= 15 is 0 Å². The number of hydrogen-bond acceptors (Lipinski definition) is 5. The molecule has 4 rings (SSSR count). The van der Waals surface area contributed by atoms with E-state index in [9.17, 15) is 14.4 Å². The van der Waals surface area contributed by atoms with Gasteiger partial charge in [0.25, 0.3) is 11.8 Å². The molecule has 2 N–H and O–H groups in total. The maximum Gasteiger partial charge on any atom is 0.269 e. The van der Waals surface area contributed by atoms with E-state index in [0.29, 0.717) is 32.0 Å². The Kier molecular flexibility index (Phi) is 7.51. The number of benzene rings is 2. The minimum absolute atomic E-state index is 0.00308. The molecule has 1 unspecified atom stereocenters. The zero-order chi connectivity index (χ0) is 25.1. The average molecular weight is 549 g/mol. The lowest BCUT2D eigenvalue weighted by Crippen LogP contribution is -2.49. The molecule has 2 aromatic carbocycles. The number of hydrazine groups is 1.